The molecule has 1 aliphatic heterocycles. The lowest BCUT2D eigenvalue weighted by atomic mass is 10.0. The van der Waals surface area contributed by atoms with Crippen molar-refractivity contribution in [3.8, 4) is 16.9 Å². The number of aromatic nitrogens is 2. The van der Waals surface area contributed by atoms with Crippen LogP contribution in [0.1, 0.15) is 47.1 Å². The van der Waals surface area contributed by atoms with E-state index in [1.807, 2.05) is 67.9 Å². The molecular formula is C30H32N4O2S2. The summed E-state index contributed by atoms with van der Waals surface area (Å²) >= 11 is 3.31. The summed E-state index contributed by atoms with van der Waals surface area (Å²) < 4.78 is 1.85. The smallest absolute Gasteiger partial charge is 0.240 e. The van der Waals surface area contributed by atoms with E-state index in [1.54, 1.807) is 28.0 Å². The third kappa shape index (κ3) is 5.15. The highest BCUT2D eigenvalue weighted by Gasteiger charge is 2.38. The van der Waals surface area contributed by atoms with Crippen molar-refractivity contribution in [3.63, 3.8) is 0 Å². The summed E-state index contributed by atoms with van der Waals surface area (Å²) in [7, 11) is 0. The third-order valence-corrected chi connectivity index (χ3v) is 9.33. The summed E-state index contributed by atoms with van der Waals surface area (Å²) in [6.45, 7) is 8.11. The number of nitrogens with one attached hydrogen (secondary N) is 1. The van der Waals surface area contributed by atoms with E-state index >= 15 is 0 Å². The molecule has 2 aromatic heterocycles. The number of hydrogen-bond donors (Lipinski definition) is 1. The van der Waals surface area contributed by atoms with Crippen molar-refractivity contribution < 1.29 is 9.59 Å². The Labute approximate surface area is 232 Å². The first kappa shape index (κ1) is 26.3. The molecule has 4 aromatic rings. The predicted molar refractivity (Wildman–Crippen MR) is 157 cm³/mol. The second-order valence-electron chi connectivity index (χ2n) is 9.71. The Morgan fingerprint density at radius 3 is 2.50 bits per heavy atom. The molecule has 0 saturated carbocycles. The van der Waals surface area contributed by atoms with E-state index in [0.29, 0.717) is 5.82 Å². The van der Waals surface area contributed by atoms with Gasteiger partial charge >= 0.3 is 0 Å². The summed E-state index contributed by atoms with van der Waals surface area (Å²) in [6.07, 6.45) is 0.819. The van der Waals surface area contributed by atoms with Crippen molar-refractivity contribution in [2.75, 3.05) is 17.2 Å². The van der Waals surface area contributed by atoms with Gasteiger partial charge < -0.3 is 5.32 Å². The van der Waals surface area contributed by atoms with Crippen LogP contribution < -0.4 is 10.2 Å². The molecule has 2 atom stereocenters. The van der Waals surface area contributed by atoms with E-state index in [1.165, 1.54) is 10.4 Å². The molecule has 8 heteroatoms. The van der Waals surface area contributed by atoms with E-state index in [-0.39, 0.29) is 35.4 Å². The van der Waals surface area contributed by atoms with Crippen molar-refractivity contribution in [3.05, 3.63) is 87.6 Å². The molecule has 3 heterocycles. The van der Waals surface area contributed by atoms with Gasteiger partial charge in [0.2, 0.25) is 11.8 Å². The van der Waals surface area contributed by atoms with Crippen LogP contribution in [0.5, 0.6) is 0 Å². The minimum absolute atomic E-state index is 0.0295. The quantitative estimate of drug-likeness (QED) is 0.296. The van der Waals surface area contributed by atoms with Crippen LogP contribution in [0.25, 0.3) is 16.9 Å². The highest BCUT2D eigenvalue weighted by Crippen LogP contribution is 2.50. The average Bonchev–Trinajstić information content (AvgIpc) is 3.49. The normalized spacial score (nSPS) is 16.2. The maximum Gasteiger partial charge on any atom is 0.240 e. The van der Waals surface area contributed by atoms with Crippen molar-refractivity contribution >= 4 is 40.7 Å². The largest absolute Gasteiger partial charge is 0.352 e. The lowest BCUT2D eigenvalue weighted by Crippen LogP contribution is -2.44. The molecule has 0 spiro atoms. The van der Waals surface area contributed by atoms with E-state index in [9.17, 15) is 9.59 Å². The Morgan fingerprint density at radius 2 is 1.84 bits per heavy atom. The topological polar surface area (TPSA) is 67.2 Å². The van der Waals surface area contributed by atoms with Crippen molar-refractivity contribution in [1.29, 1.82) is 0 Å². The lowest BCUT2D eigenvalue weighted by molar-refractivity contribution is -0.123. The number of carbonyl (C=O) groups is 2. The molecule has 1 aliphatic rings. The predicted octanol–water partition coefficient (Wildman–Crippen LogP) is 6.30. The maximum atomic E-state index is 13.7. The van der Waals surface area contributed by atoms with Crippen LogP contribution in [0.15, 0.2) is 66.0 Å². The molecular weight excluding hydrogens is 512 g/mol. The number of hydrogen-bond acceptors (Lipinski definition) is 5. The molecule has 0 bridgehead atoms. The standard InChI is InChI=1S/C30H32N4O2S2/c1-5-21(4)31-24(35)17-33-25(36)18-38-29(28-20(3)15-16-37-28)26-27(22-9-7-6-8-10-22)32-34(30(26)33)23-13-11-19(2)12-14-23/h6-16,21,29H,5,17-18H2,1-4H3,(H,31,35)/t21-,29+/m0/s1. The van der Waals surface area contributed by atoms with Crippen molar-refractivity contribution in [2.45, 2.75) is 45.4 Å². The molecule has 38 heavy (non-hydrogen) atoms. The Hall–Kier alpha value is -3.36. The Morgan fingerprint density at radius 1 is 1.11 bits per heavy atom. The molecule has 0 aliphatic carbocycles. The summed E-state index contributed by atoms with van der Waals surface area (Å²) in [4.78, 5) is 29.7. The monoisotopic (exact) mass is 544 g/mol. The van der Waals surface area contributed by atoms with Crippen LogP contribution >= 0.6 is 23.1 Å². The molecule has 0 unspecified atom stereocenters. The molecule has 0 fully saturated rings. The highest BCUT2D eigenvalue weighted by atomic mass is 32.2. The molecule has 0 radical (unpaired) electrons. The number of nitrogens with zero attached hydrogens (tertiary/aromatic N) is 3. The zero-order valence-electron chi connectivity index (χ0n) is 22.1. The van der Waals surface area contributed by atoms with Gasteiger partial charge in [0.25, 0.3) is 0 Å². The van der Waals surface area contributed by atoms with Crippen LogP contribution in [-0.2, 0) is 9.59 Å². The molecule has 5 rings (SSSR count). The number of aryl methyl sites for hydroxylation is 2. The molecule has 0 saturated heterocycles. The van der Waals surface area contributed by atoms with Crippen LogP contribution in [0.4, 0.5) is 5.82 Å². The number of carbonyl (C=O) groups excluding carboxylic acids is 2. The van der Waals surface area contributed by atoms with Gasteiger partial charge in [-0.05, 0) is 56.3 Å². The second-order valence-corrected chi connectivity index (χ2v) is 11.8. The van der Waals surface area contributed by atoms with Crippen molar-refractivity contribution in [2.24, 2.45) is 0 Å². The van der Waals surface area contributed by atoms with Crippen molar-refractivity contribution in [1.82, 2.24) is 15.1 Å². The number of rotatable bonds is 7. The van der Waals surface area contributed by atoms with E-state index in [0.717, 1.165) is 34.5 Å². The first-order valence-corrected chi connectivity index (χ1v) is 14.8. The van der Waals surface area contributed by atoms with Gasteiger partial charge in [0, 0.05) is 22.0 Å². The fourth-order valence-electron chi connectivity index (χ4n) is 4.62. The Bertz CT molecular complexity index is 1440. The fourth-order valence-corrected chi connectivity index (χ4v) is 7.09. The summed E-state index contributed by atoms with van der Waals surface area (Å²) in [5, 5.41) is 10.2. The number of thioether (sulfide) groups is 1. The van der Waals surface area contributed by atoms with Gasteiger partial charge in [-0.1, -0.05) is 55.0 Å². The number of fused-ring (bicyclic) bond motifs is 1. The van der Waals surface area contributed by atoms with Crippen LogP contribution in [-0.4, -0.2) is 39.9 Å². The zero-order valence-corrected chi connectivity index (χ0v) is 23.7. The SMILES string of the molecule is CC[C@H](C)NC(=O)CN1C(=O)CS[C@@H](c2sccc2C)c2c(-c3ccccc3)nn(-c3ccc(C)cc3)c21. The van der Waals surface area contributed by atoms with Gasteiger partial charge in [0.05, 0.1) is 22.4 Å². The van der Waals surface area contributed by atoms with Crippen LogP contribution in [0.3, 0.4) is 0 Å². The number of amides is 2. The molecule has 1 N–H and O–H groups in total. The number of anilines is 1. The number of benzene rings is 2. The van der Waals surface area contributed by atoms with Crippen LogP contribution in [0.2, 0.25) is 0 Å². The highest BCUT2D eigenvalue weighted by molar-refractivity contribution is 8.00. The first-order chi connectivity index (χ1) is 18.4. The molecule has 6 nitrogen and oxygen atoms in total. The number of thiophene rings is 1. The summed E-state index contributed by atoms with van der Waals surface area (Å²) in [5.74, 6) is 0.669. The van der Waals surface area contributed by atoms with Gasteiger partial charge in [-0.15, -0.1) is 23.1 Å². The molecule has 2 aromatic carbocycles. The van der Waals surface area contributed by atoms with Gasteiger partial charge in [-0.25, -0.2) is 4.68 Å². The first-order valence-electron chi connectivity index (χ1n) is 12.9. The summed E-state index contributed by atoms with van der Waals surface area (Å²) in [5.41, 5.74) is 5.95. The zero-order chi connectivity index (χ0) is 26.8. The minimum atomic E-state index is -0.174. The van der Waals surface area contributed by atoms with E-state index < -0.39 is 0 Å². The minimum Gasteiger partial charge on any atom is -0.352 e. The third-order valence-electron chi connectivity index (χ3n) is 6.88. The van der Waals surface area contributed by atoms with Gasteiger partial charge in [0.1, 0.15) is 12.4 Å². The second kappa shape index (κ2) is 11.2. The fraction of sp³-hybridized carbons (Fsp3) is 0.300. The lowest BCUT2D eigenvalue weighted by Gasteiger charge is -2.24. The van der Waals surface area contributed by atoms with Gasteiger partial charge in [0.15, 0.2) is 0 Å². The van der Waals surface area contributed by atoms with E-state index in [2.05, 4.69) is 35.8 Å². The summed E-state index contributed by atoms with van der Waals surface area (Å²) in [6, 6.07) is 20.4. The maximum absolute atomic E-state index is 13.7. The Kier molecular flexibility index (Phi) is 7.72. The van der Waals surface area contributed by atoms with Crippen LogP contribution in [0, 0.1) is 13.8 Å². The molecule has 2 amide bonds. The average molecular weight is 545 g/mol. The molecule has 196 valence electrons. The van der Waals surface area contributed by atoms with Gasteiger partial charge in [-0.3, -0.25) is 14.5 Å². The van der Waals surface area contributed by atoms with E-state index in [4.69, 9.17) is 5.10 Å². The van der Waals surface area contributed by atoms with Gasteiger partial charge in [-0.2, -0.15) is 5.10 Å². The Balaban J connectivity index is 1.77.